The third kappa shape index (κ3) is 4.24. The second-order valence-electron chi connectivity index (χ2n) is 7.73. The largest absolute Gasteiger partial charge is 0.316 e. The fourth-order valence-electron chi connectivity index (χ4n) is 4.30. The van der Waals surface area contributed by atoms with Crippen molar-refractivity contribution in [3.05, 3.63) is 125 Å². The van der Waals surface area contributed by atoms with Crippen LogP contribution < -0.4 is 0 Å². The van der Waals surface area contributed by atoms with Crippen LogP contribution in [0.4, 0.5) is 0 Å². The highest BCUT2D eigenvalue weighted by Crippen LogP contribution is 2.42. The Labute approximate surface area is 189 Å². The van der Waals surface area contributed by atoms with E-state index in [4.69, 9.17) is 4.18 Å². The van der Waals surface area contributed by atoms with Gasteiger partial charge in [-0.25, -0.2) is 4.98 Å². The lowest BCUT2D eigenvalue weighted by molar-refractivity contribution is 0.320. The average Bonchev–Trinajstić information content (AvgIpc) is 3.16. The molecule has 0 aliphatic rings. The first-order chi connectivity index (χ1) is 15.4. The van der Waals surface area contributed by atoms with Gasteiger partial charge in [0.25, 0.3) is 10.1 Å². The molecule has 4 aromatic rings. The maximum absolute atomic E-state index is 11.5. The summed E-state index contributed by atoms with van der Waals surface area (Å²) in [6.45, 7) is 2.00. The molecule has 0 amide bonds. The molecule has 1 aromatic heterocycles. The predicted molar refractivity (Wildman–Crippen MR) is 126 cm³/mol. The van der Waals surface area contributed by atoms with Crippen molar-refractivity contribution in [1.82, 2.24) is 9.55 Å². The van der Waals surface area contributed by atoms with Crippen molar-refractivity contribution in [2.75, 3.05) is 12.9 Å². The van der Waals surface area contributed by atoms with Crippen molar-refractivity contribution < 1.29 is 12.6 Å². The Kier molecular flexibility index (Phi) is 6.26. The third-order valence-corrected chi connectivity index (χ3v) is 6.24. The maximum atomic E-state index is 11.5. The summed E-state index contributed by atoms with van der Waals surface area (Å²) in [6.07, 6.45) is 3.32. The van der Waals surface area contributed by atoms with E-state index < -0.39 is 15.7 Å². The molecule has 0 aliphatic heterocycles. The van der Waals surface area contributed by atoms with Crippen molar-refractivity contribution in [3.63, 3.8) is 0 Å². The highest BCUT2D eigenvalue weighted by molar-refractivity contribution is 7.85. The van der Waals surface area contributed by atoms with Crippen LogP contribution >= 0.6 is 0 Å². The summed E-state index contributed by atoms with van der Waals surface area (Å²) in [5.74, 6) is 0. The van der Waals surface area contributed by atoms with E-state index in [1.165, 1.54) is 0 Å². The molecule has 5 nitrogen and oxygen atoms in total. The number of hydrogen-bond acceptors (Lipinski definition) is 4. The Hall–Kier alpha value is -3.22. The first-order valence-electron chi connectivity index (χ1n) is 10.5. The normalized spacial score (nSPS) is 12.1. The number of aryl methyl sites for hydroxylation is 1. The van der Waals surface area contributed by atoms with Crippen LogP contribution in [-0.2, 0) is 26.3 Å². The fraction of sp³-hybridized carbons (Fsp3) is 0.192. The maximum Gasteiger partial charge on any atom is 0.264 e. The molecule has 0 N–H and O–H groups in total. The quantitative estimate of drug-likeness (QED) is 0.294. The zero-order valence-corrected chi connectivity index (χ0v) is 19.0. The van der Waals surface area contributed by atoms with Crippen LogP contribution in [0.15, 0.2) is 97.3 Å². The molecule has 0 bridgehead atoms. The summed E-state index contributed by atoms with van der Waals surface area (Å²) in [7, 11) is -3.52. The third-order valence-electron chi connectivity index (χ3n) is 5.65. The topological polar surface area (TPSA) is 61.2 Å². The highest BCUT2D eigenvalue weighted by Gasteiger charge is 2.39. The second kappa shape index (κ2) is 9.10. The van der Waals surface area contributed by atoms with Crippen molar-refractivity contribution in [2.24, 2.45) is 0 Å². The van der Waals surface area contributed by atoms with Crippen LogP contribution in [0.5, 0.6) is 0 Å². The summed E-state index contributed by atoms with van der Waals surface area (Å²) in [5.41, 5.74) is 4.32. The van der Waals surface area contributed by atoms with E-state index >= 15 is 0 Å². The Balaban J connectivity index is 2.00. The van der Waals surface area contributed by atoms with Crippen molar-refractivity contribution >= 4 is 10.1 Å². The summed E-state index contributed by atoms with van der Waals surface area (Å²) in [6, 6.07) is 30.9. The lowest BCUT2D eigenvalue weighted by Crippen LogP contribution is -2.38. The number of rotatable bonds is 8. The second-order valence-corrected chi connectivity index (χ2v) is 9.38. The molecule has 164 valence electrons. The van der Waals surface area contributed by atoms with Crippen molar-refractivity contribution in [2.45, 2.75) is 18.9 Å². The van der Waals surface area contributed by atoms with Gasteiger partial charge in [-0.3, -0.25) is 4.18 Å². The minimum atomic E-state index is -3.52. The van der Waals surface area contributed by atoms with Crippen LogP contribution in [0, 0.1) is 6.92 Å². The summed E-state index contributed by atoms with van der Waals surface area (Å²) < 4.78 is 30.3. The highest BCUT2D eigenvalue weighted by atomic mass is 32.2. The lowest BCUT2D eigenvalue weighted by Gasteiger charge is -2.38. The molecule has 1 heterocycles. The van der Waals surface area contributed by atoms with Crippen LogP contribution in [0.25, 0.3) is 0 Å². The minimum absolute atomic E-state index is 0.0554. The molecule has 0 spiro atoms. The molecule has 4 rings (SSSR count). The van der Waals surface area contributed by atoms with E-state index in [0.717, 1.165) is 34.3 Å². The molecule has 0 radical (unpaired) electrons. The van der Waals surface area contributed by atoms with Gasteiger partial charge in [0.05, 0.1) is 24.9 Å². The predicted octanol–water partition coefficient (Wildman–Crippen LogP) is 4.55. The lowest BCUT2D eigenvalue weighted by atomic mass is 9.76. The Morgan fingerprint density at radius 3 is 1.66 bits per heavy atom. The number of benzene rings is 3. The molecule has 0 fully saturated rings. The number of aromatic nitrogens is 2. The number of hydrogen-bond donors (Lipinski definition) is 0. The smallest absolute Gasteiger partial charge is 0.264 e. The Morgan fingerprint density at radius 1 is 0.812 bits per heavy atom. The van der Waals surface area contributed by atoms with E-state index in [-0.39, 0.29) is 6.61 Å². The van der Waals surface area contributed by atoms with E-state index in [9.17, 15) is 8.42 Å². The van der Waals surface area contributed by atoms with Crippen LogP contribution in [0.1, 0.15) is 28.1 Å². The monoisotopic (exact) mass is 446 g/mol. The first-order valence-corrected chi connectivity index (χ1v) is 12.3. The molecule has 3 aromatic carbocycles. The van der Waals surface area contributed by atoms with Crippen molar-refractivity contribution in [1.29, 1.82) is 0 Å². The Bertz CT molecular complexity index is 1170. The van der Waals surface area contributed by atoms with E-state index in [0.29, 0.717) is 6.42 Å². The van der Waals surface area contributed by atoms with Crippen molar-refractivity contribution in [3.8, 4) is 0 Å². The van der Waals surface area contributed by atoms with Crippen LogP contribution in [0.3, 0.4) is 0 Å². The zero-order chi connectivity index (χ0) is 22.6. The van der Waals surface area contributed by atoms with Gasteiger partial charge in [0.1, 0.15) is 5.54 Å². The first kappa shape index (κ1) is 22.0. The van der Waals surface area contributed by atoms with Gasteiger partial charge in [-0.1, -0.05) is 91.0 Å². The van der Waals surface area contributed by atoms with Gasteiger partial charge in [-0.2, -0.15) is 8.42 Å². The van der Waals surface area contributed by atoms with Gasteiger partial charge in [0.15, 0.2) is 0 Å². The summed E-state index contributed by atoms with van der Waals surface area (Å²) >= 11 is 0. The standard InChI is InChI=1S/C26H26N2O3S/c1-21-25(18-19-31-32(2,29)30)28(20-27-21)26(22-12-6-3-7-13-22,23-14-8-4-9-15-23)24-16-10-5-11-17-24/h3-17,20H,18-19H2,1-2H3. The molecular formula is C26H26N2O3S. The van der Waals surface area contributed by atoms with Crippen LogP contribution in [0.2, 0.25) is 0 Å². The van der Waals surface area contributed by atoms with E-state index in [1.807, 2.05) is 67.8 Å². The molecular weight excluding hydrogens is 420 g/mol. The Morgan fingerprint density at radius 2 is 1.25 bits per heavy atom. The molecule has 0 unspecified atom stereocenters. The van der Waals surface area contributed by atoms with Gasteiger partial charge in [0.2, 0.25) is 0 Å². The van der Waals surface area contributed by atoms with Gasteiger partial charge < -0.3 is 4.57 Å². The molecule has 0 aliphatic carbocycles. The van der Waals surface area contributed by atoms with Gasteiger partial charge in [-0.15, -0.1) is 0 Å². The SMILES string of the molecule is Cc1ncn(C(c2ccccc2)(c2ccccc2)c2ccccc2)c1CCOS(C)(=O)=O. The van der Waals surface area contributed by atoms with Crippen LogP contribution in [-0.4, -0.2) is 30.8 Å². The van der Waals surface area contributed by atoms with Gasteiger partial charge in [-0.05, 0) is 23.6 Å². The van der Waals surface area contributed by atoms with Gasteiger partial charge >= 0.3 is 0 Å². The number of imidazole rings is 1. The fourth-order valence-corrected chi connectivity index (χ4v) is 4.68. The molecule has 0 saturated carbocycles. The molecule has 32 heavy (non-hydrogen) atoms. The van der Waals surface area contributed by atoms with Gasteiger partial charge in [0, 0.05) is 12.1 Å². The molecule has 6 heteroatoms. The van der Waals surface area contributed by atoms with E-state index in [1.54, 1.807) is 0 Å². The summed E-state index contributed by atoms with van der Waals surface area (Å²) in [5, 5.41) is 0. The van der Waals surface area contributed by atoms with E-state index in [2.05, 4.69) is 45.9 Å². The number of nitrogens with zero attached hydrogens (tertiary/aromatic N) is 2. The average molecular weight is 447 g/mol. The zero-order valence-electron chi connectivity index (χ0n) is 18.2. The minimum Gasteiger partial charge on any atom is -0.316 e. The molecule has 0 saturated heterocycles. The molecule has 0 atom stereocenters. The summed E-state index contributed by atoms with van der Waals surface area (Å²) in [4.78, 5) is 4.63.